The Morgan fingerprint density at radius 1 is 1.02 bits per heavy atom. The molecule has 0 unspecified atom stereocenters. The van der Waals surface area contributed by atoms with Crippen LogP contribution in [0.2, 0.25) is 0 Å². The molecule has 1 amide bonds. The number of allylic oxidation sites excluding steroid dienone is 1. The van der Waals surface area contributed by atoms with Gasteiger partial charge in [-0.15, -0.1) is 0 Å². The molecule has 1 aliphatic heterocycles. The lowest BCUT2D eigenvalue weighted by Crippen LogP contribution is -2.60. The molecule has 0 aromatic heterocycles. The molecule has 2 aromatic rings. The molecule has 0 bridgehead atoms. The van der Waals surface area contributed by atoms with Crippen LogP contribution in [-0.4, -0.2) is 72.7 Å². The van der Waals surface area contributed by atoms with Crippen molar-refractivity contribution in [3.8, 4) is 11.8 Å². The smallest absolute Gasteiger partial charge is 0.269 e. The molecule has 7 nitrogen and oxygen atoms in total. The standard InChI is InChI=1S/C32H38F2N2O5/c1-22(31(2,3)4)41-21-27(37)28(32(5,39)30(33)34)35-29(38)26-14-12-24(13-15-26)7-6-23-8-10-25(11-9-23)20-36-16-18-40-19-17-36/h8-15,28,30,39H,1,16-21H2,2-5H3,(H,35,38)/t28-,32+/m1/s1. The first-order chi connectivity index (χ1) is 19.3. The molecule has 2 aromatic carbocycles. The van der Waals surface area contributed by atoms with Crippen LogP contribution in [0.3, 0.4) is 0 Å². The van der Waals surface area contributed by atoms with Gasteiger partial charge < -0.3 is 19.9 Å². The van der Waals surface area contributed by atoms with E-state index in [0.717, 1.165) is 45.3 Å². The van der Waals surface area contributed by atoms with Crippen LogP contribution in [-0.2, 0) is 20.8 Å². The summed E-state index contributed by atoms with van der Waals surface area (Å²) < 4.78 is 38.0. The first-order valence-electron chi connectivity index (χ1n) is 13.4. The number of nitrogens with one attached hydrogen (secondary N) is 1. The summed E-state index contributed by atoms with van der Waals surface area (Å²) in [6.07, 6.45) is -3.30. The molecule has 41 heavy (non-hydrogen) atoms. The van der Waals surface area contributed by atoms with Crippen molar-refractivity contribution in [2.24, 2.45) is 5.41 Å². The molecular formula is C32H38F2N2O5. The highest BCUT2D eigenvalue weighted by Gasteiger charge is 2.46. The zero-order valence-electron chi connectivity index (χ0n) is 24.0. The number of carbonyl (C=O) groups is 2. The van der Waals surface area contributed by atoms with Gasteiger partial charge in [-0.2, -0.15) is 0 Å². The minimum Gasteiger partial charge on any atom is -0.490 e. The fourth-order valence-electron chi connectivity index (χ4n) is 3.91. The van der Waals surface area contributed by atoms with Gasteiger partial charge in [0.25, 0.3) is 12.3 Å². The van der Waals surface area contributed by atoms with E-state index in [-0.39, 0.29) is 11.3 Å². The van der Waals surface area contributed by atoms with Crippen LogP contribution in [0.4, 0.5) is 8.78 Å². The van der Waals surface area contributed by atoms with Gasteiger partial charge in [0.15, 0.2) is 5.78 Å². The summed E-state index contributed by atoms with van der Waals surface area (Å²) in [5, 5.41) is 12.6. The molecule has 1 aliphatic rings. The molecule has 220 valence electrons. The first-order valence-corrected chi connectivity index (χ1v) is 13.4. The monoisotopic (exact) mass is 568 g/mol. The number of Topliss-reactive ketones (excluding diaryl/α,β-unsaturated/α-hetero) is 1. The second-order valence-corrected chi connectivity index (χ2v) is 11.3. The quantitative estimate of drug-likeness (QED) is 0.330. The van der Waals surface area contributed by atoms with Gasteiger partial charge in [0.2, 0.25) is 0 Å². The van der Waals surface area contributed by atoms with Crippen molar-refractivity contribution in [1.82, 2.24) is 10.2 Å². The van der Waals surface area contributed by atoms with E-state index in [4.69, 9.17) is 9.47 Å². The second-order valence-electron chi connectivity index (χ2n) is 11.3. The summed E-state index contributed by atoms with van der Waals surface area (Å²) in [5.41, 5.74) is -0.513. The number of halogens is 2. The number of amides is 1. The molecule has 1 saturated heterocycles. The van der Waals surface area contributed by atoms with Gasteiger partial charge in [-0.1, -0.05) is 51.3 Å². The molecule has 0 aliphatic carbocycles. The second kappa shape index (κ2) is 13.9. The van der Waals surface area contributed by atoms with Gasteiger partial charge in [0, 0.05) is 41.7 Å². The van der Waals surface area contributed by atoms with Gasteiger partial charge >= 0.3 is 0 Å². The number of benzene rings is 2. The van der Waals surface area contributed by atoms with Crippen molar-refractivity contribution in [3.05, 3.63) is 83.1 Å². The predicted molar refractivity (Wildman–Crippen MR) is 152 cm³/mol. The maximum Gasteiger partial charge on any atom is 0.269 e. The maximum absolute atomic E-state index is 13.6. The molecule has 0 saturated carbocycles. The average Bonchev–Trinajstić information content (AvgIpc) is 2.94. The summed E-state index contributed by atoms with van der Waals surface area (Å²) in [7, 11) is 0. The number of alkyl halides is 2. The summed E-state index contributed by atoms with van der Waals surface area (Å²) in [4.78, 5) is 28.0. The summed E-state index contributed by atoms with van der Waals surface area (Å²) in [5.74, 6) is 4.69. The minimum atomic E-state index is -3.30. The number of ether oxygens (including phenoxy) is 2. The SMILES string of the molecule is C=C(OCC(=O)[C@@H](NC(=O)c1ccc(C#Cc2ccc(CN3CCOCC3)cc2)cc1)[C@](C)(O)C(F)F)C(C)(C)C. The molecule has 1 heterocycles. The van der Waals surface area contributed by atoms with Crippen LogP contribution in [0.5, 0.6) is 0 Å². The third-order valence-corrected chi connectivity index (χ3v) is 6.81. The van der Waals surface area contributed by atoms with Crippen molar-refractivity contribution < 1.29 is 33.0 Å². The molecule has 2 atom stereocenters. The lowest BCUT2D eigenvalue weighted by Gasteiger charge is -2.32. The van der Waals surface area contributed by atoms with Crippen molar-refractivity contribution >= 4 is 11.7 Å². The van der Waals surface area contributed by atoms with E-state index in [1.807, 2.05) is 45.0 Å². The van der Waals surface area contributed by atoms with Gasteiger partial charge in [-0.05, 0) is 48.9 Å². The van der Waals surface area contributed by atoms with E-state index < -0.39 is 41.8 Å². The molecule has 1 fully saturated rings. The lowest BCUT2D eigenvalue weighted by molar-refractivity contribution is -0.143. The number of hydrogen-bond acceptors (Lipinski definition) is 6. The van der Waals surface area contributed by atoms with Crippen LogP contribution >= 0.6 is 0 Å². The number of ketones is 1. The lowest BCUT2D eigenvalue weighted by atomic mass is 9.92. The van der Waals surface area contributed by atoms with Crippen LogP contribution < -0.4 is 5.32 Å². The Morgan fingerprint density at radius 2 is 1.56 bits per heavy atom. The average molecular weight is 569 g/mol. The molecule has 2 N–H and O–H groups in total. The number of hydrogen-bond donors (Lipinski definition) is 2. The summed E-state index contributed by atoms with van der Waals surface area (Å²) in [6, 6.07) is 12.3. The van der Waals surface area contributed by atoms with Crippen molar-refractivity contribution in [2.45, 2.75) is 52.3 Å². The third kappa shape index (κ3) is 9.22. The zero-order chi connectivity index (χ0) is 30.2. The molecule has 3 rings (SSSR count). The summed E-state index contributed by atoms with van der Waals surface area (Å²) in [6.45, 7) is 13.5. The van der Waals surface area contributed by atoms with E-state index in [1.165, 1.54) is 17.7 Å². The fourth-order valence-corrected chi connectivity index (χ4v) is 3.91. The number of carbonyl (C=O) groups excluding carboxylic acids is 2. The van der Waals surface area contributed by atoms with E-state index in [2.05, 4.69) is 28.6 Å². The maximum atomic E-state index is 13.6. The van der Waals surface area contributed by atoms with Crippen LogP contribution in [0.25, 0.3) is 0 Å². The molecule has 9 heteroatoms. The molecular weight excluding hydrogens is 530 g/mol. The molecule has 0 spiro atoms. The number of aliphatic hydroxyl groups is 1. The highest BCUT2D eigenvalue weighted by Crippen LogP contribution is 2.25. The van der Waals surface area contributed by atoms with E-state index in [9.17, 15) is 23.5 Å². The Labute approximate surface area is 240 Å². The van der Waals surface area contributed by atoms with Gasteiger partial charge in [-0.3, -0.25) is 14.5 Å². The van der Waals surface area contributed by atoms with Crippen LogP contribution in [0, 0.1) is 17.3 Å². The number of nitrogens with zero attached hydrogens (tertiary/aromatic N) is 1. The predicted octanol–water partition coefficient (Wildman–Crippen LogP) is 4.18. The minimum absolute atomic E-state index is 0.117. The van der Waals surface area contributed by atoms with Crippen molar-refractivity contribution in [2.75, 3.05) is 32.9 Å². The Hall–Kier alpha value is -3.58. The van der Waals surface area contributed by atoms with E-state index in [1.54, 1.807) is 12.1 Å². The molecule has 0 radical (unpaired) electrons. The van der Waals surface area contributed by atoms with E-state index >= 15 is 0 Å². The largest absolute Gasteiger partial charge is 0.490 e. The highest BCUT2D eigenvalue weighted by molar-refractivity contribution is 5.98. The third-order valence-electron chi connectivity index (χ3n) is 6.81. The van der Waals surface area contributed by atoms with Crippen LogP contribution in [0.1, 0.15) is 54.7 Å². The highest BCUT2D eigenvalue weighted by atomic mass is 19.3. The fraction of sp³-hybridized carbons (Fsp3) is 0.438. The van der Waals surface area contributed by atoms with Gasteiger partial charge in [0.1, 0.15) is 18.2 Å². The van der Waals surface area contributed by atoms with Crippen LogP contribution in [0.15, 0.2) is 60.9 Å². The van der Waals surface area contributed by atoms with Gasteiger partial charge in [-0.25, -0.2) is 8.78 Å². The van der Waals surface area contributed by atoms with E-state index in [0.29, 0.717) is 5.56 Å². The summed E-state index contributed by atoms with van der Waals surface area (Å²) >= 11 is 0. The number of rotatable bonds is 10. The Bertz CT molecular complexity index is 1270. The van der Waals surface area contributed by atoms with Crippen molar-refractivity contribution in [3.63, 3.8) is 0 Å². The zero-order valence-corrected chi connectivity index (χ0v) is 24.0. The first kappa shape index (κ1) is 31.9. The van der Waals surface area contributed by atoms with Crippen molar-refractivity contribution in [1.29, 1.82) is 0 Å². The normalized spacial score (nSPS) is 16.2. The Morgan fingerprint density at radius 3 is 2.07 bits per heavy atom. The Kier molecular flexibility index (Phi) is 10.8. The topological polar surface area (TPSA) is 88.1 Å². The number of morpholine rings is 1. The Balaban J connectivity index is 1.64. The van der Waals surface area contributed by atoms with Gasteiger partial charge in [0.05, 0.1) is 19.0 Å².